The molecule has 1 aromatic heterocycles. The van der Waals surface area contributed by atoms with Gasteiger partial charge in [0.25, 0.3) is 5.91 Å². The van der Waals surface area contributed by atoms with Crippen molar-refractivity contribution in [3.63, 3.8) is 0 Å². The molecule has 2 heterocycles. The van der Waals surface area contributed by atoms with Crippen LogP contribution in [0.4, 0.5) is 0 Å². The van der Waals surface area contributed by atoms with E-state index in [1.807, 2.05) is 24.3 Å². The predicted octanol–water partition coefficient (Wildman–Crippen LogP) is 4.16. The molecule has 2 aromatic carbocycles. The normalized spacial score (nSPS) is 15.8. The highest BCUT2D eigenvalue weighted by atomic mass is 35.5. The van der Waals surface area contributed by atoms with E-state index in [-0.39, 0.29) is 17.9 Å². The number of rotatable bonds is 6. The van der Waals surface area contributed by atoms with Crippen LogP contribution in [-0.2, 0) is 14.9 Å². The molecule has 0 spiro atoms. The number of fused-ring (bicyclic) bond motifs is 1. The number of hydrogen-bond donors (Lipinski definition) is 2. The summed E-state index contributed by atoms with van der Waals surface area (Å²) >= 11 is 7.34. The number of hydrogen-bond acceptors (Lipinski definition) is 7. The zero-order chi connectivity index (χ0) is 23.6. The number of aliphatic carboxylic acids is 1. The summed E-state index contributed by atoms with van der Waals surface area (Å²) in [5.41, 5.74) is 6.17. The first-order valence-electron chi connectivity index (χ1n) is 10.0. The van der Waals surface area contributed by atoms with E-state index in [1.54, 1.807) is 31.5 Å². The molecule has 0 bridgehead atoms. The van der Waals surface area contributed by atoms with Crippen LogP contribution in [0.3, 0.4) is 0 Å². The highest BCUT2D eigenvalue weighted by Gasteiger charge is 2.52. The van der Waals surface area contributed by atoms with Gasteiger partial charge in [0.05, 0.1) is 10.3 Å². The van der Waals surface area contributed by atoms with Gasteiger partial charge in [0, 0.05) is 23.9 Å². The second-order valence-corrected chi connectivity index (χ2v) is 8.99. The topological polar surface area (TPSA) is 121 Å². The summed E-state index contributed by atoms with van der Waals surface area (Å²) in [5, 5.41) is 10.0. The minimum absolute atomic E-state index is 0.221. The number of nitrogens with zero attached hydrogens (tertiary/aromatic N) is 1. The quantitative estimate of drug-likeness (QED) is 0.534. The fourth-order valence-corrected chi connectivity index (χ4v) is 4.65. The largest absolute Gasteiger partial charge is 0.481 e. The molecule has 1 amide bonds. The van der Waals surface area contributed by atoms with Gasteiger partial charge in [-0.05, 0) is 36.6 Å². The van der Waals surface area contributed by atoms with Crippen LogP contribution in [0.25, 0.3) is 0 Å². The number of ether oxygens (including phenoxy) is 3. The molecule has 3 N–H and O–H groups in total. The predicted molar refractivity (Wildman–Crippen MR) is 122 cm³/mol. The maximum atomic E-state index is 11.1. The molecule has 8 nitrogen and oxygen atoms in total. The van der Waals surface area contributed by atoms with E-state index in [0.29, 0.717) is 29.4 Å². The third kappa shape index (κ3) is 4.66. The maximum Gasteiger partial charge on any atom is 0.314 e. The van der Waals surface area contributed by atoms with E-state index in [9.17, 15) is 9.59 Å². The van der Waals surface area contributed by atoms with E-state index in [0.717, 1.165) is 16.0 Å². The third-order valence-electron chi connectivity index (χ3n) is 5.50. The van der Waals surface area contributed by atoms with Crippen molar-refractivity contribution >= 4 is 34.8 Å². The highest BCUT2D eigenvalue weighted by molar-refractivity contribution is 7.13. The van der Waals surface area contributed by atoms with E-state index in [1.165, 1.54) is 11.3 Å². The summed E-state index contributed by atoms with van der Waals surface area (Å²) in [6.07, 6.45) is 2.66. The van der Waals surface area contributed by atoms with Crippen molar-refractivity contribution in [3.8, 4) is 11.5 Å². The molecule has 1 unspecified atom stereocenters. The molecule has 1 saturated carbocycles. The molecular formula is C23H21ClN2O6S. The van der Waals surface area contributed by atoms with E-state index in [2.05, 4.69) is 4.98 Å². The number of thiazole rings is 1. The van der Waals surface area contributed by atoms with Crippen LogP contribution in [0, 0.1) is 0 Å². The highest BCUT2D eigenvalue weighted by Crippen LogP contribution is 2.50. The van der Waals surface area contributed by atoms with Crippen LogP contribution in [0.5, 0.6) is 11.5 Å². The lowest BCUT2D eigenvalue weighted by Gasteiger charge is -2.14. The summed E-state index contributed by atoms with van der Waals surface area (Å²) < 4.78 is 15.8. The molecule has 172 valence electrons. The number of benzene rings is 2. The number of carbonyl (C=O) groups excluding carboxylic acids is 1. The van der Waals surface area contributed by atoms with Gasteiger partial charge in [-0.2, -0.15) is 0 Å². The first-order chi connectivity index (χ1) is 15.9. The first kappa shape index (κ1) is 23.0. The molecule has 0 saturated heterocycles. The van der Waals surface area contributed by atoms with Gasteiger partial charge < -0.3 is 25.1 Å². The number of nitrogens with two attached hydrogens (primary N) is 1. The summed E-state index contributed by atoms with van der Waals surface area (Å²) in [6.45, 7) is 0.221. The Bertz CT molecular complexity index is 1190. The maximum absolute atomic E-state index is 11.1. The van der Waals surface area contributed by atoms with Crippen LogP contribution in [-0.4, -0.2) is 35.9 Å². The Morgan fingerprint density at radius 2 is 1.94 bits per heavy atom. The lowest BCUT2D eigenvalue weighted by atomic mass is 9.96. The first-order valence-corrected chi connectivity index (χ1v) is 11.2. The van der Waals surface area contributed by atoms with Gasteiger partial charge in [0.2, 0.25) is 6.79 Å². The minimum atomic E-state index is -0.749. The average Bonchev–Trinajstić information content (AvgIpc) is 3.24. The van der Waals surface area contributed by atoms with Gasteiger partial charge in [0.1, 0.15) is 6.10 Å². The van der Waals surface area contributed by atoms with Crippen LogP contribution in [0.2, 0.25) is 5.02 Å². The van der Waals surface area contributed by atoms with Crippen LogP contribution >= 0.6 is 22.9 Å². The number of aromatic nitrogens is 1. The number of carbonyl (C=O) groups is 2. The van der Waals surface area contributed by atoms with Crippen molar-refractivity contribution in [2.45, 2.75) is 24.4 Å². The Hall–Kier alpha value is -3.14. The molecule has 10 heteroatoms. The van der Waals surface area contributed by atoms with Gasteiger partial charge in [-0.1, -0.05) is 35.9 Å². The van der Waals surface area contributed by atoms with Gasteiger partial charge >= 0.3 is 5.97 Å². The van der Waals surface area contributed by atoms with Gasteiger partial charge in [-0.25, -0.2) is 4.98 Å². The molecule has 1 fully saturated rings. The van der Waals surface area contributed by atoms with Gasteiger partial charge in [0.15, 0.2) is 16.5 Å². The van der Waals surface area contributed by atoms with Crippen molar-refractivity contribution in [2.24, 2.45) is 5.73 Å². The molecule has 0 radical (unpaired) electrons. The molecule has 2 aliphatic rings. The number of methoxy groups -OCH3 is 1. The molecule has 5 rings (SSSR count). The van der Waals surface area contributed by atoms with Crippen molar-refractivity contribution in [1.82, 2.24) is 4.98 Å². The fraction of sp³-hybridized carbons (Fsp3) is 0.261. The molecule has 33 heavy (non-hydrogen) atoms. The van der Waals surface area contributed by atoms with E-state index in [4.69, 9.17) is 36.7 Å². The smallest absolute Gasteiger partial charge is 0.314 e. The zero-order valence-electron chi connectivity index (χ0n) is 17.6. The van der Waals surface area contributed by atoms with Crippen molar-refractivity contribution in [1.29, 1.82) is 0 Å². The van der Waals surface area contributed by atoms with Crippen LogP contribution in [0.15, 0.2) is 48.7 Å². The second kappa shape index (κ2) is 9.38. The second-order valence-electron chi connectivity index (χ2n) is 7.52. The number of primary amides is 1. The fourth-order valence-electron chi connectivity index (χ4n) is 3.55. The monoisotopic (exact) mass is 488 g/mol. The number of carboxylic acid groups (broad SMARTS) is 1. The van der Waals surface area contributed by atoms with Crippen LogP contribution in [0.1, 0.15) is 44.8 Å². The summed E-state index contributed by atoms with van der Waals surface area (Å²) in [5.74, 6) is 0.0570. The number of carboxylic acids is 1. The van der Waals surface area contributed by atoms with Crippen molar-refractivity contribution < 1.29 is 28.9 Å². The third-order valence-corrected chi connectivity index (χ3v) is 6.90. The number of halogens is 1. The Kier molecular flexibility index (Phi) is 6.55. The van der Waals surface area contributed by atoms with Gasteiger partial charge in [-0.15, -0.1) is 11.3 Å². The van der Waals surface area contributed by atoms with Crippen molar-refractivity contribution in [2.75, 3.05) is 13.9 Å². The Balaban J connectivity index is 0.000000159. The molecule has 1 aliphatic heterocycles. The van der Waals surface area contributed by atoms with E-state index < -0.39 is 17.3 Å². The van der Waals surface area contributed by atoms with Crippen molar-refractivity contribution in [3.05, 3.63) is 74.7 Å². The number of amides is 1. The zero-order valence-corrected chi connectivity index (χ0v) is 19.2. The molecular weight excluding hydrogens is 468 g/mol. The minimum Gasteiger partial charge on any atom is -0.481 e. The summed E-state index contributed by atoms with van der Waals surface area (Å²) in [7, 11) is 1.58. The average molecular weight is 489 g/mol. The lowest BCUT2D eigenvalue weighted by molar-refractivity contribution is -0.140. The SMILES string of the molecule is COC(c1cnc(C(N)=O)s1)c1ccccc1Cl.O=C(O)C1(c2ccc3c(c2)OCO3)CC1. The Morgan fingerprint density at radius 1 is 1.21 bits per heavy atom. The Labute approximate surface area is 198 Å². The lowest BCUT2D eigenvalue weighted by Crippen LogP contribution is -2.19. The Morgan fingerprint density at radius 3 is 2.55 bits per heavy atom. The molecule has 1 aliphatic carbocycles. The standard InChI is InChI=1S/C12H11ClN2O2S.C11H10O4/c1-17-10(7-4-2-3-5-8(7)13)9-6-15-12(18-9)11(14)16;12-10(13)11(3-4-11)7-1-2-8-9(5-7)15-6-14-8/h2-6,10H,1H3,(H2,14,16);1-2,5H,3-4,6H2,(H,12,13). The van der Waals surface area contributed by atoms with E-state index >= 15 is 0 Å². The summed E-state index contributed by atoms with van der Waals surface area (Å²) in [6, 6.07) is 12.8. The van der Waals surface area contributed by atoms with Crippen LogP contribution < -0.4 is 15.2 Å². The molecule has 3 aromatic rings. The summed E-state index contributed by atoms with van der Waals surface area (Å²) in [4.78, 5) is 26.9. The molecule has 1 atom stereocenters. The van der Waals surface area contributed by atoms with Gasteiger partial charge in [-0.3, -0.25) is 9.59 Å².